The van der Waals surface area contributed by atoms with Gasteiger partial charge in [0.15, 0.2) is 0 Å². The fourth-order valence-corrected chi connectivity index (χ4v) is 3.54. The van der Waals surface area contributed by atoms with Crippen LogP contribution in [0.1, 0.15) is 47.0 Å². The van der Waals surface area contributed by atoms with E-state index in [0.29, 0.717) is 11.6 Å². The van der Waals surface area contributed by atoms with Crippen LogP contribution in [0.25, 0.3) is 11.1 Å². The van der Waals surface area contributed by atoms with Gasteiger partial charge in [-0.15, -0.1) is 10.2 Å². The van der Waals surface area contributed by atoms with Crippen molar-refractivity contribution in [3.63, 3.8) is 0 Å². The predicted molar refractivity (Wildman–Crippen MR) is 105 cm³/mol. The Kier molecular flexibility index (Phi) is 4.71. The first kappa shape index (κ1) is 17.4. The Morgan fingerprint density at radius 3 is 2.70 bits per heavy atom. The second kappa shape index (κ2) is 7.31. The average molecular weight is 361 g/mol. The molecule has 1 aliphatic rings. The van der Waals surface area contributed by atoms with Gasteiger partial charge in [0.1, 0.15) is 11.6 Å². The van der Waals surface area contributed by atoms with E-state index >= 15 is 0 Å². The summed E-state index contributed by atoms with van der Waals surface area (Å²) in [4.78, 5) is 17.4. The Balaban J connectivity index is 1.64. The summed E-state index contributed by atoms with van der Waals surface area (Å²) in [5.41, 5.74) is 4.17. The highest BCUT2D eigenvalue weighted by Crippen LogP contribution is 2.27. The van der Waals surface area contributed by atoms with E-state index in [0.717, 1.165) is 60.4 Å². The summed E-state index contributed by atoms with van der Waals surface area (Å²) in [5.74, 6) is 1.54. The molecule has 138 valence electrons. The third kappa shape index (κ3) is 3.47. The van der Waals surface area contributed by atoms with E-state index in [2.05, 4.69) is 39.6 Å². The maximum atomic E-state index is 12.8. The molecule has 0 radical (unpaired) electrons. The normalized spacial score (nSPS) is 13.7. The highest BCUT2D eigenvalue weighted by molar-refractivity contribution is 6.01. The van der Waals surface area contributed by atoms with Gasteiger partial charge in [0.05, 0.1) is 0 Å². The predicted octanol–water partition coefficient (Wildman–Crippen LogP) is 3.94. The molecular formula is C21H23N5O. The summed E-state index contributed by atoms with van der Waals surface area (Å²) >= 11 is 0. The number of hydrogen-bond donors (Lipinski definition) is 1. The summed E-state index contributed by atoms with van der Waals surface area (Å²) in [6.07, 6.45) is 4.17. The smallest absolute Gasteiger partial charge is 0.294 e. The second-order valence-corrected chi connectivity index (χ2v) is 6.99. The number of aryl methyl sites for hydroxylation is 2. The standard InChI is InChI=1S/C21H23N5O/c1-14-15(2)22-18(13-17(14)16-9-5-3-6-10-16)23-21(27)20-25-24-19-11-7-4-8-12-26(19)20/h3,5-6,9-10,13H,4,7-8,11-12H2,1-2H3,(H,22,23,27). The molecule has 0 unspecified atom stereocenters. The van der Waals surface area contributed by atoms with Crippen molar-refractivity contribution in [3.8, 4) is 11.1 Å². The van der Waals surface area contributed by atoms with E-state index in [-0.39, 0.29) is 5.91 Å². The molecule has 3 aromatic rings. The van der Waals surface area contributed by atoms with Crippen LogP contribution in [0.2, 0.25) is 0 Å². The number of amides is 1. The summed E-state index contributed by atoms with van der Waals surface area (Å²) in [6, 6.07) is 12.1. The Labute approximate surface area is 158 Å². The van der Waals surface area contributed by atoms with Crippen LogP contribution in [0.15, 0.2) is 36.4 Å². The van der Waals surface area contributed by atoms with Crippen molar-refractivity contribution in [2.45, 2.75) is 46.1 Å². The highest BCUT2D eigenvalue weighted by atomic mass is 16.2. The minimum Gasteiger partial charge on any atom is -0.307 e. The van der Waals surface area contributed by atoms with Gasteiger partial charge < -0.3 is 9.88 Å². The molecule has 3 heterocycles. The molecule has 0 bridgehead atoms. The van der Waals surface area contributed by atoms with E-state index < -0.39 is 0 Å². The molecule has 0 saturated carbocycles. The lowest BCUT2D eigenvalue weighted by atomic mass is 10.0. The quantitative estimate of drug-likeness (QED) is 0.767. The average Bonchev–Trinajstić information content (AvgIpc) is 2.94. The molecule has 0 fully saturated rings. The van der Waals surface area contributed by atoms with Gasteiger partial charge >= 0.3 is 0 Å². The highest BCUT2D eigenvalue weighted by Gasteiger charge is 2.21. The number of rotatable bonds is 3. The number of nitrogens with one attached hydrogen (secondary N) is 1. The largest absolute Gasteiger partial charge is 0.307 e. The monoisotopic (exact) mass is 361 g/mol. The molecule has 6 heteroatoms. The summed E-state index contributed by atoms with van der Waals surface area (Å²) < 4.78 is 1.95. The van der Waals surface area contributed by atoms with Gasteiger partial charge in [0.25, 0.3) is 5.91 Å². The zero-order valence-corrected chi connectivity index (χ0v) is 15.7. The van der Waals surface area contributed by atoms with Crippen molar-refractivity contribution in [1.29, 1.82) is 0 Å². The fraction of sp³-hybridized carbons (Fsp3) is 0.333. The molecule has 0 atom stereocenters. The maximum Gasteiger partial charge on any atom is 0.294 e. The molecule has 4 rings (SSSR count). The van der Waals surface area contributed by atoms with Gasteiger partial charge in [0.2, 0.25) is 5.82 Å². The van der Waals surface area contributed by atoms with Crippen LogP contribution in [-0.2, 0) is 13.0 Å². The molecule has 1 amide bonds. The van der Waals surface area contributed by atoms with Gasteiger partial charge in [-0.05, 0) is 49.4 Å². The molecule has 1 aliphatic heterocycles. The number of carbonyl (C=O) groups excluding carboxylic acids is 1. The molecular weight excluding hydrogens is 338 g/mol. The summed E-state index contributed by atoms with van der Waals surface area (Å²) in [6.45, 7) is 4.80. The number of nitrogens with zero attached hydrogens (tertiary/aromatic N) is 4. The number of anilines is 1. The Hall–Kier alpha value is -3.02. The van der Waals surface area contributed by atoms with Gasteiger partial charge in [0, 0.05) is 18.7 Å². The SMILES string of the molecule is Cc1nc(NC(=O)c2nnc3n2CCCCC3)cc(-c2ccccc2)c1C. The lowest BCUT2D eigenvalue weighted by Crippen LogP contribution is -2.20. The van der Waals surface area contributed by atoms with Crippen LogP contribution in [0.3, 0.4) is 0 Å². The Morgan fingerprint density at radius 1 is 1.07 bits per heavy atom. The van der Waals surface area contributed by atoms with Gasteiger partial charge in [-0.25, -0.2) is 4.98 Å². The van der Waals surface area contributed by atoms with Crippen molar-refractivity contribution in [3.05, 3.63) is 59.3 Å². The van der Waals surface area contributed by atoms with Crippen LogP contribution in [0, 0.1) is 13.8 Å². The van der Waals surface area contributed by atoms with E-state index in [9.17, 15) is 4.79 Å². The fourth-order valence-electron chi connectivity index (χ4n) is 3.54. The van der Waals surface area contributed by atoms with Gasteiger partial charge in [-0.2, -0.15) is 0 Å². The van der Waals surface area contributed by atoms with Crippen LogP contribution < -0.4 is 5.32 Å². The molecule has 6 nitrogen and oxygen atoms in total. The molecule has 0 aliphatic carbocycles. The number of pyridine rings is 1. The van der Waals surface area contributed by atoms with Crippen molar-refractivity contribution >= 4 is 11.7 Å². The molecule has 27 heavy (non-hydrogen) atoms. The minimum absolute atomic E-state index is 0.259. The number of carbonyl (C=O) groups is 1. The Bertz CT molecular complexity index is 978. The first-order valence-corrected chi connectivity index (χ1v) is 9.40. The van der Waals surface area contributed by atoms with Crippen LogP contribution in [0.4, 0.5) is 5.82 Å². The van der Waals surface area contributed by atoms with Crippen molar-refractivity contribution < 1.29 is 4.79 Å². The maximum absolute atomic E-state index is 12.8. The van der Waals surface area contributed by atoms with Gasteiger partial charge in [-0.3, -0.25) is 4.79 Å². The van der Waals surface area contributed by atoms with Crippen LogP contribution in [-0.4, -0.2) is 25.7 Å². The molecule has 2 aromatic heterocycles. The summed E-state index contributed by atoms with van der Waals surface area (Å²) in [5, 5.41) is 11.3. The van der Waals surface area contributed by atoms with E-state index in [4.69, 9.17) is 0 Å². The van der Waals surface area contributed by atoms with E-state index in [1.54, 1.807) is 0 Å². The lowest BCUT2D eigenvalue weighted by Gasteiger charge is -2.13. The van der Waals surface area contributed by atoms with Crippen LogP contribution >= 0.6 is 0 Å². The third-order valence-corrected chi connectivity index (χ3v) is 5.15. The topological polar surface area (TPSA) is 72.7 Å². The lowest BCUT2D eigenvalue weighted by molar-refractivity contribution is 0.101. The van der Waals surface area contributed by atoms with E-state index in [1.165, 1.54) is 0 Å². The molecule has 1 N–H and O–H groups in total. The molecule has 1 aromatic carbocycles. The van der Waals surface area contributed by atoms with Crippen molar-refractivity contribution in [2.24, 2.45) is 0 Å². The number of hydrogen-bond acceptors (Lipinski definition) is 4. The van der Waals surface area contributed by atoms with Gasteiger partial charge in [-0.1, -0.05) is 36.8 Å². The zero-order valence-electron chi connectivity index (χ0n) is 15.7. The first-order valence-electron chi connectivity index (χ1n) is 9.40. The van der Waals surface area contributed by atoms with Crippen molar-refractivity contribution in [2.75, 3.05) is 5.32 Å². The Morgan fingerprint density at radius 2 is 1.89 bits per heavy atom. The number of aromatic nitrogens is 4. The number of benzene rings is 1. The molecule has 0 saturated heterocycles. The zero-order chi connectivity index (χ0) is 18.8. The minimum atomic E-state index is -0.259. The van der Waals surface area contributed by atoms with Crippen molar-refractivity contribution in [1.82, 2.24) is 19.7 Å². The third-order valence-electron chi connectivity index (χ3n) is 5.15. The second-order valence-electron chi connectivity index (χ2n) is 6.99. The van der Waals surface area contributed by atoms with Crippen LogP contribution in [0.5, 0.6) is 0 Å². The summed E-state index contributed by atoms with van der Waals surface area (Å²) in [7, 11) is 0. The van der Waals surface area contributed by atoms with E-state index in [1.807, 2.05) is 35.8 Å². The first-order chi connectivity index (χ1) is 13.1. The number of fused-ring (bicyclic) bond motifs is 1. The molecule has 0 spiro atoms.